The molecule has 4 nitrogen and oxygen atoms in total. The first kappa shape index (κ1) is 15.8. The molecule has 0 saturated carbocycles. The number of nitrogens with zero attached hydrogens (tertiary/aromatic N) is 1. The van der Waals surface area contributed by atoms with E-state index in [1.165, 1.54) is 0 Å². The first-order valence-electron chi connectivity index (χ1n) is 5.44. The van der Waals surface area contributed by atoms with Crippen LogP contribution in [-0.2, 0) is 4.79 Å². The van der Waals surface area contributed by atoms with Crippen LogP contribution in [0, 0.1) is 0 Å². The van der Waals surface area contributed by atoms with Crippen LogP contribution in [0.1, 0.15) is 27.7 Å². The van der Waals surface area contributed by atoms with Crippen molar-refractivity contribution in [1.82, 2.24) is 10.2 Å². The maximum atomic E-state index is 10.8. The molecule has 0 aromatic rings. The largest absolute Gasteiger partial charge is 0.387 e. The molecule has 0 atom stereocenters. The molecule has 1 aliphatic heterocycles. The second-order valence-electron chi connectivity index (χ2n) is 2.29. The fourth-order valence-corrected chi connectivity index (χ4v) is 1.01. The molecule has 1 amide bonds. The van der Waals surface area contributed by atoms with Crippen molar-refractivity contribution in [3.05, 3.63) is 0 Å². The monoisotopic (exact) mass is 204 g/mol. The number of carbonyl (C=O) groups excluding carboxylic acids is 1. The minimum Gasteiger partial charge on any atom is -0.387 e. The number of aliphatic hydroxyl groups excluding tert-OH is 1. The molecule has 0 unspecified atom stereocenters. The van der Waals surface area contributed by atoms with Crippen molar-refractivity contribution in [2.24, 2.45) is 0 Å². The van der Waals surface area contributed by atoms with Gasteiger partial charge in [-0.15, -0.1) is 0 Å². The van der Waals surface area contributed by atoms with E-state index in [1.54, 1.807) is 4.90 Å². The van der Waals surface area contributed by atoms with E-state index in [0.717, 1.165) is 26.2 Å². The third-order valence-corrected chi connectivity index (χ3v) is 1.60. The SMILES string of the molecule is CC.CC.O=C(CO)N1CCNCC1. The molecule has 0 spiro atoms. The average Bonchev–Trinajstić information content (AvgIpc) is 2.34. The third-order valence-electron chi connectivity index (χ3n) is 1.60. The van der Waals surface area contributed by atoms with E-state index in [2.05, 4.69) is 5.32 Å². The minimum atomic E-state index is -0.361. The van der Waals surface area contributed by atoms with Gasteiger partial charge < -0.3 is 15.3 Å². The summed E-state index contributed by atoms with van der Waals surface area (Å²) >= 11 is 0. The van der Waals surface area contributed by atoms with E-state index in [1.807, 2.05) is 27.7 Å². The van der Waals surface area contributed by atoms with Gasteiger partial charge in [0, 0.05) is 26.2 Å². The molecule has 0 bridgehead atoms. The number of rotatable bonds is 1. The van der Waals surface area contributed by atoms with Gasteiger partial charge in [-0.05, 0) is 0 Å². The molecule has 14 heavy (non-hydrogen) atoms. The van der Waals surface area contributed by atoms with Gasteiger partial charge in [0.05, 0.1) is 0 Å². The second kappa shape index (κ2) is 12.4. The van der Waals surface area contributed by atoms with Crippen LogP contribution in [0.25, 0.3) is 0 Å². The molecule has 1 saturated heterocycles. The van der Waals surface area contributed by atoms with Gasteiger partial charge in [-0.3, -0.25) is 4.79 Å². The van der Waals surface area contributed by atoms with E-state index >= 15 is 0 Å². The highest BCUT2D eigenvalue weighted by Gasteiger charge is 2.13. The maximum absolute atomic E-state index is 10.8. The van der Waals surface area contributed by atoms with Gasteiger partial charge in [0.25, 0.3) is 0 Å². The third kappa shape index (κ3) is 6.86. The topological polar surface area (TPSA) is 52.6 Å². The summed E-state index contributed by atoms with van der Waals surface area (Å²) in [5.74, 6) is -0.165. The van der Waals surface area contributed by atoms with Crippen LogP contribution in [0.15, 0.2) is 0 Å². The number of hydrogen-bond donors (Lipinski definition) is 2. The summed E-state index contributed by atoms with van der Waals surface area (Å²) in [5, 5.41) is 11.6. The molecule has 1 heterocycles. The van der Waals surface area contributed by atoms with Crippen molar-refractivity contribution in [1.29, 1.82) is 0 Å². The summed E-state index contributed by atoms with van der Waals surface area (Å²) in [5.41, 5.74) is 0. The molecule has 1 rings (SSSR count). The van der Waals surface area contributed by atoms with Gasteiger partial charge in [-0.1, -0.05) is 27.7 Å². The summed E-state index contributed by atoms with van der Waals surface area (Å²) in [6, 6.07) is 0. The normalized spacial score (nSPS) is 14.5. The number of piperazine rings is 1. The van der Waals surface area contributed by atoms with Gasteiger partial charge in [-0.2, -0.15) is 0 Å². The van der Waals surface area contributed by atoms with Crippen LogP contribution in [0.5, 0.6) is 0 Å². The van der Waals surface area contributed by atoms with E-state index in [4.69, 9.17) is 5.11 Å². The van der Waals surface area contributed by atoms with E-state index < -0.39 is 0 Å². The quantitative estimate of drug-likeness (QED) is 0.652. The first-order valence-corrected chi connectivity index (χ1v) is 5.44. The smallest absolute Gasteiger partial charge is 0.248 e. The summed E-state index contributed by atoms with van der Waals surface area (Å²) in [4.78, 5) is 12.5. The van der Waals surface area contributed by atoms with E-state index in [0.29, 0.717) is 0 Å². The van der Waals surface area contributed by atoms with Gasteiger partial charge in [0.2, 0.25) is 5.91 Å². The van der Waals surface area contributed by atoms with Crippen molar-refractivity contribution in [3.63, 3.8) is 0 Å². The van der Waals surface area contributed by atoms with Gasteiger partial charge >= 0.3 is 0 Å². The van der Waals surface area contributed by atoms with Gasteiger partial charge in [0.15, 0.2) is 0 Å². The van der Waals surface area contributed by atoms with Crippen molar-refractivity contribution in [2.75, 3.05) is 32.8 Å². The molecular formula is C10H24N2O2. The average molecular weight is 204 g/mol. The van der Waals surface area contributed by atoms with Crippen molar-refractivity contribution in [3.8, 4) is 0 Å². The Bertz CT molecular complexity index is 123. The van der Waals surface area contributed by atoms with Crippen LogP contribution >= 0.6 is 0 Å². The molecule has 0 aliphatic carbocycles. The Morgan fingerprint density at radius 2 is 1.64 bits per heavy atom. The zero-order valence-electron chi connectivity index (χ0n) is 9.84. The number of amides is 1. The van der Waals surface area contributed by atoms with Gasteiger partial charge in [0.1, 0.15) is 6.61 Å². The van der Waals surface area contributed by atoms with Crippen LogP contribution < -0.4 is 5.32 Å². The Morgan fingerprint density at radius 1 is 1.21 bits per heavy atom. The Balaban J connectivity index is 0. The Kier molecular flexibility index (Phi) is 14.0. The molecule has 0 radical (unpaired) electrons. The lowest BCUT2D eigenvalue weighted by atomic mass is 10.3. The molecule has 2 N–H and O–H groups in total. The fraction of sp³-hybridized carbons (Fsp3) is 0.900. The lowest BCUT2D eigenvalue weighted by molar-refractivity contribution is -0.134. The van der Waals surface area contributed by atoms with Gasteiger partial charge in [-0.25, -0.2) is 0 Å². The highest BCUT2D eigenvalue weighted by molar-refractivity contribution is 5.77. The number of hydrogen-bond acceptors (Lipinski definition) is 3. The molecule has 4 heteroatoms. The fourth-order valence-electron chi connectivity index (χ4n) is 1.01. The lowest BCUT2D eigenvalue weighted by Gasteiger charge is -2.26. The van der Waals surface area contributed by atoms with Crippen molar-refractivity contribution < 1.29 is 9.90 Å². The molecule has 1 fully saturated rings. The lowest BCUT2D eigenvalue weighted by Crippen LogP contribution is -2.47. The summed E-state index contributed by atoms with van der Waals surface area (Å²) in [6.45, 7) is 10.8. The predicted octanol–water partition coefficient (Wildman–Crippen LogP) is 0.463. The van der Waals surface area contributed by atoms with Crippen LogP contribution in [-0.4, -0.2) is 48.7 Å². The second-order valence-corrected chi connectivity index (χ2v) is 2.29. The predicted molar refractivity (Wildman–Crippen MR) is 59.2 cm³/mol. The highest BCUT2D eigenvalue weighted by atomic mass is 16.3. The summed E-state index contributed by atoms with van der Waals surface area (Å²) in [6.07, 6.45) is 0. The van der Waals surface area contributed by atoms with E-state index in [9.17, 15) is 4.79 Å². The zero-order valence-corrected chi connectivity index (χ0v) is 9.84. The molecule has 0 aromatic heterocycles. The van der Waals surface area contributed by atoms with Crippen LogP contribution in [0.2, 0.25) is 0 Å². The minimum absolute atomic E-state index is 0.165. The van der Waals surface area contributed by atoms with Crippen LogP contribution in [0.4, 0.5) is 0 Å². The molecule has 86 valence electrons. The number of carbonyl (C=O) groups is 1. The number of nitrogens with one attached hydrogen (secondary N) is 1. The number of aliphatic hydroxyl groups is 1. The Hall–Kier alpha value is -0.610. The zero-order chi connectivity index (χ0) is 11.4. The molecule has 0 aromatic carbocycles. The Morgan fingerprint density at radius 3 is 2.00 bits per heavy atom. The highest BCUT2D eigenvalue weighted by Crippen LogP contribution is 1.91. The molecule has 1 aliphatic rings. The van der Waals surface area contributed by atoms with Crippen LogP contribution in [0.3, 0.4) is 0 Å². The summed E-state index contributed by atoms with van der Waals surface area (Å²) in [7, 11) is 0. The van der Waals surface area contributed by atoms with Crippen molar-refractivity contribution in [2.45, 2.75) is 27.7 Å². The Labute approximate surface area is 87.3 Å². The van der Waals surface area contributed by atoms with E-state index in [-0.39, 0.29) is 12.5 Å². The van der Waals surface area contributed by atoms with Crippen molar-refractivity contribution >= 4 is 5.91 Å². The standard InChI is InChI=1S/C6H12N2O2.2C2H6/c9-5-6(10)8-3-1-7-2-4-8;2*1-2/h7,9H,1-5H2;2*1-2H3. The summed E-state index contributed by atoms with van der Waals surface area (Å²) < 4.78 is 0. The maximum Gasteiger partial charge on any atom is 0.248 e. The molecular weight excluding hydrogens is 180 g/mol. The first-order chi connectivity index (χ1) is 6.84.